The molecule has 2 aromatic carbocycles. The highest BCUT2D eigenvalue weighted by atomic mass is 35.5. The number of nitrogens with one attached hydrogen (secondary N) is 2. The van der Waals surface area contributed by atoms with Crippen LogP contribution >= 0.6 is 23.2 Å². The van der Waals surface area contributed by atoms with Gasteiger partial charge in [-0.3, -0.25) is 4.79 Å². The number of carbonyl (C=O) groups excluding carboxylic acids is 1. The van der Waals surface area contributed by atoms with Gasteiger partial charge in [-0.1, -0.05) is 55.2 Å². The van der Waals surface area contributed by atoms with Crippen LogP contribution in [0.2, 0.25) is 10.0 Å². The number of amides is 1. The van der Waals surface area contributed by atoms with E-state index in [1.165, 1.54) is 24.1 Å². The second-order valence-corrected chi connectivity index (χ2v) is 11.6. The van der Waals surface area contributed by atoms with E-state index < -0.39 is 17.4 Å². The predicted octanol–water partition coefficient (Wildman–Crippen LogP) is 6.50. The maximum absolute atomic E-state index is 14.2. The third kappa shape index (κ3) is 7.23. The van der Waals surface area contributed by atoms with E-state index in [4.69, 9.17) is 37.9 Å². The molecule has 44 heavy (non-hydrogen) atoms. The fourth-order valence-electron chi connectivity index (χ4n) is 4.95. The Hall–Kier alpha value is -3.51. The third-order valence-corrected chi connectivity index (χ3v) is 7.81. The highest BCUT2D eigenvalue weighted by molar-refractivity contribution is 6.36. The van der Waals surface area contributed by atoms with Crippen LogP contribution in [-0.2, 0) is 23.1 Å². The lowest BCUT2D eigenvalue weighted by Gasteiger charge is -2.28. The first-order chi connectivity index (χ1) is 20.8. The van der Waals surface area contributed by atoms with Crippen LogP contribution in [0.15, 0.2) is 65.9 Å². The van der Waals surface area contributed by atoms with Gasteiger partial charge in [-0.2, -0.15) is 13.2 Å². The summed E-state index contributed by atoms with van der Waals surface area (Å²) in [6.07, 6.45) is -4.77. The number of rotatable bonds is 11. The normalized spacial score (nSPS) is 16.7. The second kappa shape index (κ2) is 13.6. The van der Waals surface area contributed by atoms with E-state index >= 15 is 0 Å². The summed E-state index contributed by atoms with van der Waals surface area (Å²) in [5.74, 6) is -0.0943. The summed E-state index contributed by atoms with van der Waals surface area (Å²) in [6.45, 7) is 5.56. The minimum atomic E-state index is -4.77. The van der Waals surface area contributed by atoms with Gasteiger partial charge in [0, 0.05) is 58.9 Å². The summed E-state index contributed by atoms with van der Waals surface area (Å²) in [7, 11) is 1.52. The van der Waals surface area contributed by atoms with Crippen LogP contribution in [0.5, 0.6) is 5.88 Å². The highest BCUT2D eigenvalue weighted by Crippen LogP contribution is 2.45. The summed E-state index contributed by atoms with van der Waals surface area (Å²) in [5, 5.41) is 12.2. The Labute approximate surface area is 263 Å². The van der Waals surface area contributed by atoms with Crippen LogP contribution in [0.1, 0.15) is 48.0 Å². The molecule has 0 radical (unpaired) electrons. The van der Waals surface area contributed by atoms with Crippen LogP contribution in [0.25, 0.3) is 0 Å². The van der Waals surface area contributed by atoms with Crippen molar-refractivity contribution in [2.45, 2.75) is 39.0 Å². The molecule has 1 aliphatic heterocycles. The average molecular weight is 654 g/mol. The molecule has 3 aromatic rings. The van der Waals surface area contributed by atoms with Gasteiger partial charge in [0.15, 0.2) is 5.69 Å². The summed E-state index contributed by atoms with van der Waals surface area (Å²) >= 11 is 13.0. The lowest BCUT2D eigenvalue weighted by atomic mass is 9.83. The van der Waals surface area contributed by atoms with Crippen LogP contribution in [-0.4, -0.2) is 42.8 Å². The van der Waals surface area contributed by atoms with E-state index in [2.05, 4.69) is 15.8 Å². The molecule has 236 valence electrons. The Morgan fingerprint density at radius 2 is 1.80 bits per heavy atom. The Kier molecular flexibility index (Phi) is 10.3. The Morgan fingerprint density at radius 1 is 1.14 bits per heavy atom. The zero-order valence-electron chi connectivity index (χ0n) is 24.6. The lowest BCUT2D eigenvalue weighted by Crippen LogP contribution is -2.38. The van der Waals surface area contributed by atoms with Crippen LogP contribution < -0.4 is 20.4 Å². The second-order valence-electron chi connectivity index (χ2n) is 10.8. The Bertz CT molecular complexity index is 1510. The summed E-state index contributed by atoms with van der Waals surface area (Å²) in [5.41, 5.74) is 2.95. The fraction of sp³-hybridized carbons (Fsp3) is 0.355. The van der Waals surface area contributed by atoms with Crippen molar-refractivity contribution in [2.24, 2.45) is 5.92 Å². The first-order valence-electron chi connectivity index (χ1n) is 13.8. The molecule has 0 spiro atoms. The molecule has 1 atom stereocenters. The van der Waals surface area contributed by atoms with Crippen molar-refractivity contribution < 1.29 is 32.6 Å². The van der Waals surface area contributed by atoms with Crippen molar-refractivity contribution in [1.82, 2.24) is 15.8 Å². The number of aliphatic hydroxyl groups excluding tert-OH is 1. The molecule has 8 nitrogen and oxygen atoms in total. The summed E-state index contributed by atoms with van der Waals surface area (Å²) in [6, 6.07) is 14.2. The number of aliphatic hydroxyl groups is 1. The number of hydrogen-bond donors (Lipinski definition) is 3. The molecule has 1 amide bonds. The molecule has 1 aliphatic rings. The van der Waals surface area contributed by atoms with Gasteiger partial charge in [-0.15, -0.1) is 5.48 Å². The van der Waals surface area contributed by atoms with Gasteiger partial charge in [0.05, 0.1) is 12.3 Å². The highest BCUT2D eigenvalue weighted by Gasteiger charge is 2.44. The van der Waals surface area contributed by atoms with E-state index in [-0.39, 0.29) is 49.7 Å². The number of ether oxygens (including phenoxy) is 1. The molecule has 1 aromatic heterocycles. The number of allylic oxidation sites excluding steroid dienone is 1. The third-order valence-electron chi connectivity index (χ3n) is 7.18. The van der Waals surface area contributed by atoms with Crippen molar-refractivity contribution in [2.75, 3.05) is 31.7 Å². The summed E-state index contributed by atoms with van der Waals surface area (Å²) < 4.78 is 48.6. The molecule has 0 bridgehead atoms. The molecular formula is C31H33Cl2F3N4O4. The fourth-order valence-corrected chi connectivity index (χ4v) is 5.73. The largest absolute Gasteiger partial charge is 0.473 e. The molecule has 0 aliphatic carbocycles. The first kappa shape index (κ1) is 33.4. The van der Waals surface area contributed by atoms with Crippen molar-refractivity contribution in [3.8, 4) is 5.88 Å². The van der Waals surface area contributed by atoms with E-state index in [1.807, 2.05) is 20.8 Å². The van der Waals surface area contributed by atoms with Crippen molar-refractivity contribution >= 4 is 34.8 Å². The number of benzene rings is 2. The molecule has 0 saturated heterocycles. The van der Waals surface area contributed by atoms with Gasteiger partial charge in [0.25, 0.3) is 5.91 Å². The number of carbonyl (C=O) groups is 1. The zero-order chi connectivity index (χ0) is 32.2. The van der Waals surface area contributed by atoms with Crippen molar-refractivity contribution in [1.29, 1.82) is 0 Å². The van der Waals surface area contributed by atoms with E-state index in [0.29, 0.717) is 38.1 Å². The number of alkyl halides is 3. The quantitative estimate of drug-likeness (QED) is 0.217. The number of hydroxylamine groups is 1. The maximum Gasteiger partial charge on any atom is 0.435 e. The number of pyridine rings is 1. The number of halogens is 5. The minimum Gasteiger partial charge on any atom is -0.473 e. The molecule has 0 saturated carbocycles. The van der Waals surface area contributed by atoms with Gasteiger partial charge in [0.1, 0.15) is 17.9 Å². The summed E-state index contributed by atoms with van der Waals surface area (Å²) in [4.78, 5) is 23.2. The van der Waals surface area contributed by atoms with E-state index in [9.17, 15) is 18.0 Å². The molecule has 3 N–H and O–H groups in total. The van der Waals surface area contributed by atoms with Crippen LogP contribution in [0.4, 0.5) is 18.9 Å². The Morgan fingerprint density at radius 3 is 2.39 bits per heavy atom. The van der Waals surface area contributed by atoms with Gasteiger partial charge in [0.2, 0.25) is 5.88 Å². The van der Waals surface area contributed by atoms with Crippen molar-refractivity contribution in [3.63, 3.8) is 0 Å². The van der Waals surface area contributed by atoms with E-state index in [1.54, 1.807) is 42.5 Å². The molecular weight excluding hydrogens is 620 g/mol. The van der Waals surface area contributed by atoms with Gasteiger partial charge in [-0.05, 0) is 42.8 Å². The number of aromatic nitrogens is 1. The molecule has 1 unspecified atom stereocenters. The standard InChI is InChI=1S/C31H33Cl2F3N4O4/c1-18(2)27-21(30(3,39-44-27)26-22(32)6-5-7-23(26)33)17-43-25-13-12-24(28(38-25)31(34,35)36)40(4)16-19-8-10-20(11-9-19)29(42)37-14-15-41/h5-13,18,39,41H,14-17H2,1-4H3,(H,37,42). The van der Waals surface area contributed by atoms with Crippen LogP contribution in [0.3, 0.4) is 0 Å². The monoisotopic (exact) mass is 652 g/mol. The molecule has 4 rings (SSSR count). The number of hydrogen-bond acceptors (Lipinski definition) is 7. The first-order valence-corrected chi connectivity index (χ1v) is 14.5. The number of nitrogens with zero attached hydrogens (tertiary/aromatic N) is 2. The molecule has 13 heteroatoms. The smallest absolute Gasteiger partial charge is 0.435 e. The minimum absolute atomic E-state index is 0.0806. The lowest BCUT2D eigenvalue weighted by molar-refractivity contribution is -0.140. The predicted molar refractivity (Wildman–Crippen MR) is 163 cm³/mol. The van der Waals surface area contributed by atoms with Gasteiger partial charge < -0.3 is 24.9 Å². The zero-order valence-corrected chi connectivity index (χ0v) is 26.1. The SMILES string of the molecule is CC(C)C1=C(COc2ccc(N(C)Cc3ccc(C(=O)NCCO)cc3)c(C(F)(F)F)n2)C(C)(c2c(Cl)cccc2Cl)NO1. The maximum atomic E-state index is 14.2. The van der Waals surface area contributed by atoms with E-state index in [0.717, 1.165) is 0 Å². The Balaban J connectivity index is 1.57. The van der Waals surface area contributed by atoms with Gasteiger partial charge >= 0.3 is 6.18 Å². The number of anilines is 1. The molecule has 0 fully saturated rings. The molecule has 2 heterocycles. The van der Waals surface area contributed by atoms with Crippen molar-refractivity contribution in [3.05, 3.63) is 98.4 Å². The van der Waals surface area contributed by atoms with Gasteiger partial charge in [-0.25, -0.2) is 4.98 Å². The topological polar surface area (TPSA) is 96.0 Å². The van der Waals surface area contributed by atoms with Crippen LogP contribution in [0, 0.1) is 5.92 Å². The average Bonchev–Trinajstić information content (AvgIpc) is 3.31.